The molecule has 8 heteroatoms. The number of benzene rings is 2. The lowest BCUT2D eigenvalue weighted by Gasteiger charge is -2.20. The zero-order valence-electron chi connectivity index (χ0n) is 17.4. The second-order valence-corrected chi connectivity index (χ2v) is 7.45. The van der Waals surface area contributed by atoms with Gasteiger partial charge in [0.1, 0.15) is 23.0 Å². The molecule has 1 saturated carbocycles. The van der Waals surface area contributed by atoms with Crippen molar-refractivity contribution in [2.45, 2.75) is 44.9 Å². The molecule has 0 unspecified atom stereocenters. The summed E-state index contributed by atoms with van der Waals surface area (Å²) in [6.45, 7) is 0.781. The first-order valence-corrected chi connectivity index (χ1v) is 10.5. The molecule has 0 bridgehead atoms. The summed E-state index contributed by atoms with van der Waals surface area (Å²) in [5, 5.41) is 14.4. The van der Waals surface area contributed by atoms with Gasteiger partial charge >= 0.3 is 5.97 Å². The number of nitrogens with zero attached hydrogens (tertiary/aromatic N) is 2. The van der Waals surface area contributed by atoms with Gasteiger partial charge in [-0.1, -0.05) is 18.6 Å². The van der Waals surface area contributed by atoms with Crippen molar-refractivity contribution in [3.05, 3.63) is 53.8 Å². The average molecular weight is 429 g/mol. The fourth-order valence-corrected chi connectivity index (χ4v) is 3.37. The summed E-state index contributed by atoms with van der Waals surface area (Å²) in [7, 11) is 0. The van der Waals surface area contributed by atoms with E-state index >= 15 is 0 Å². The van der Waals surface area contributed by atoms with Crippen LogP contribution >= 0.6 is 0 Å². The van der Waals surface area contributed by atoms with Crippen molar-refractivity contribution in [3.63, 3.8) is 0 Å². The summed E-state index contributed by atoms with van der Waals surface area (Å²) in [5.41, 5.74) is 2.12. The smallest absolute Gasteiger partial charge is 0.307 e. The normalized spacial score (nSPS) is 13.5. The Morgan fingerprint density at radius 1 is 1.06 bits per heavy atom. The molecule has 3 N–H and O–H groups in total. The number of carboxylic acid groups (broad SMARTS) is 1. The number of aliphatic carboxylic acids is 1. The highest BCUT2D eigenvalue weighted by molar-refractivity contribution is 5.86. The molecule has 0 heterocycles. The molecule has 31 heavy (non-hydrogen) atoms. The highest BCUT2D eigenvalue weighted by Crippen LogP contribution is 2.29. The minimum absolute atomic E-state index is 0.0160. The number of hydrazone groups is 1. The van der Waals surface area contributed by atoms with Crippen LogP contribution in [0, 0.1) is 5.82 Å². The van der Waals surface area contributed by atoms with Crippen molar-refractivity contribution in [2.75, 3.05) is 18.3 Å². The van der Waals surface area contributed by atoms with Crippen molar-refractivity contribution < 1.29 is 23.8 Å². The second kappa shape index (κ2) is 11.3. The van der Waals surface area contributed by atoms with Crippen molar-refractivity contribution in [1.29, 1.82) is 0 Å². The van der Waals surface area contributed by atoms with E-state index in [1.807, 2.05) is 0 Å². The average Bonchev–Trinajstić information content (AvgIpc) is 2.76. The number of halogens is 1. The largest absolute Gasteiger partial charge is 0.493 e. The highest BCUT2D eigenvalue weighted by atomic mass is 19.1. The monoisotopic (exact) mass is 429 g/mol. The van der Waals surface area contributed by atoms with Crippen LogP contribution in [0.2, 0.25) is 0 Å². The summed E-state index contributed by atoms with van der Waals surface area (Å²) in [6, 6.07) is 11.1. The van der Waals surface area contributed by atoms with Crippen LogP contribution in [0.15, 0.2) is 47.6 Å². The summed E-state index contributed by atoms with van der Waals surface area (Å²) in [5.74, 6) is 5.93. The van der Waals surface area contributed by atoms with E-state index in [1.165, 1.54) is 23.7 Å². The van der Waals surface area contributed by atoms with Gasteiger partial charge in [-0.15, -0.1) is 0 Å². The van der Waals surface area contributed by atoms with E-state index in [9.17, 15) is 9.18 Å². The van der Waals surface area contributed by atoms with Crippen LogP contribution < -0.4 is 20.4 Å². The lowest BCUT2D eigenvalue weighted by molar-refractivity contribution is -0.136. The van der Waals surface area contributed by atoms with Gasteiger partial charge in [-0.25, -0.2) is 10.2 Å². The topological polar surface area (TPSA) is 97.4 Å². The van der Waals surface area contributed by atoms with E-state index in [0.717, 1.165) is 37.0 Å². The van der Waals surface area contributed by atoms with Crippen LogP contribution in [-0.4, -0.2) is 30.0 Å². The molecule has 0 aliphatic heterocycles. The maximum Gasteiger partial charge on any atom is 0.307 e. The number of ether oxygens (including phenoxy) is 2. The van der Waals surface area contributed by atoms with E-state index in [2.05, 4.69) is 5.10 Å². The first-order valence-electron chi connectivity index (χ1n) is 10.5. The Morgan fingerprint density at radius 2 is 1.77 bits per heavy atom. The number of hydrogen-bond donors (Lipinski definition) is 2. The minimum atomic E-state index is -0.868. The number of hydrazine groups is 1. The lowest BCUT2D eigenvalue weighted by atomic mass is 9.99. The Morgan fingerprint density at radius 3 is 2.48 bits per heavy atom. The van der Waals surface area contributed by atoms with Crippen molar-refractivity contribution in [1.82, 2.24) is 0 Å². The summed E-state index contributed by atoms with van der Waals surface area (Å²) in [4.78, 5) is 10.7. The number of rotatable bonds is 10. The molecule has 0 aromatic heterocycles. The van der Waals surface area contributed by atoms with Gasteiger partial charge in [-0.2, -0.15) is 10.2 Å². The van der Waals surface area contributed by atoms with Crippen LogP contribution in [0.1, 0.15) is 44.1 Å². The molecule has 0 spiro atoms. The third-order valence-electron chi connectivity index (χ3n) is 4.94. The molecule has 0 radical (unpaired) electrons. The molecule has 0 atom stereocenters. The van der Waals surface area contributed by atoms with Crippen LogP contribution in [-0.2, 0) is 11.2 Å². The lowest BCUT2D eigenvalue weighted by Crippen LogP contribution is -2.27. The fraction of sp³-hybridized carbons (Fsp3) is 0.391. The zero-order valence-corrected chi connectivity index (χ0v) is 17.4. The number of carboxylic acids is 1. The first-order chi connectivity index (χ1) is 15.0. The molecule has 2 aromatic carbocycles. The van der Waals surface area contributed by atoms with Crippen molar-refractivity contribution in [2.24, 2.45) is 10.9 Å². The second-order valence-electron chi connectivity index (χ2n) is 7.45. The Hall–Kier alpha value is -3.13. The van der Waals surface area contributed by atoms with Crippen LogP contribution in [0.4, 0.5) is 10.1 Å². The Labute approximate surface area is 181 Å². The maximum atomic E-state index is 13.8. The number of anilines is 1. The molecule has 2 aromatic rings. The molecule has 1 fully saturated rings. The van der Waals surface area contributed by atoms with E-state index in [0.29, 0.717) is 36.8 Å². The minimum Gasteiger partial charge on any atom is -0.493 e. The predicted octanol–water partition coefficient (Wildman–Crippen LogP) is 4.30. The van der Waals surface area contributed by atoms with Crippen LogP contribution in [0.5, 0.6) is 11.5 Å². The van der Waals surface area contributed by atoms with Crippen molar-refractivity contribution in [3.8, 4) is 11.5 Å². The molecule has 1 aliphatic carbocycles. The van der Waals surface area contributed by atoms with Gasteiger partial charge in [-0.3, -0.25) is 4.79 Å². The summed E-state index contributed by atoms with van der Waals surface area (Å²) >= 11 is 0. The molecule has 0 amide bonds. The molecule has 166 valence electrons. The predicted molar refractivity (Wildman–Crippen MR) is 117 cm³/mol. The molecular weight excluding hydrogens is 401 g/mol. The SMILES string of the molecule is NN(N=C1CCCCC1)c1cc(F)ccc1OCCCOc1ccc(CC(=O)O)cc1. The van der Waals surface area contributed by atoms with Gasteiger partial charge < -0.3 is 14.6 Å². The third kappa shape index (κ3) is 7.25. The Bertz CT molecular complexity index is 894. The van der Waals surface area contributed by atoms with Gasteiger partial charge in [0.05, 0.1) is 19.6 Å². The molecule has 3 rings (SSSR count). The molecule has 1 aliphatic rings. The van der Waals surface area contributed by atoms with E-state index < -0.39 is 11.8 Å². The fourth-order valence-electron chi connectivity index (χ4n) is 3.37. The summed E-state index contributed by atoms with van der Waals surface area (Å²) < 4.78 is 25.2. The molecule has 0 saturated heterocycles. The number of carbonyl (C=O) groups is 1. The van der Waals surface area contributed by atoms with E-state index in [1.54, 1.807) is 30.3 Å². The third-order valence-corrected chi connectivity index (χ3v) is 4.94. The van der Waals surface area contributed by atoms with E-state index in [-0.39, 0.29) is 6.42 Å². The van der Waals surface area contributed by atoms with E-state index in [4.69, 9.17) is 20.4 Å². The molecule has 7 nitrogen and oxygen atoms in total. The maximum absolute atomic E-state index is 13.8. The zero-order chi connectivity index (χ0) is 22.1. The number of hydrogen-bond acceptors (Lipinski definition) is 6. The first kappa shape index (κ1) is 22.6. The quantitative estimate of drug-likeness (QED) is 0.332. The van der Waals surface area contributed by atoms with Gasteiger partial charge in [-0.05, 0) is 55.5 Å². The number of nitrogens with two attached hydrogens (primary N) is 1. The van der Waals surface area contributed by atoms with Gasteiger partial charge in [0, 0.05) is 18.2 Å². The highest BCUT2D eigenvalue weighted by Gasteiger charge is 2.13. The van der Waals surface area contributed by atoms with Gasteiger partial charge in [0.15, 0.2) is 0 Å². The molecular formula is C23H28FN3O4. The van der Waals surface area contributed by atoms with Crippen LogP contribution in [0.3, 0.4) is 0 Å². The standard InChI is InChI=1S/C23H28FN3O4/c24-18-9-12-22(21(16-18)27(25)26-19-5-2-1-3-6-19)31-14-4-13-30-20-10-7-17(8-11-20)15-23(28)29/h7-12,16H,1-6,13-15,25H2,(H,28,29). The Balaban J connectivity index is 1.49. The van der Waals surface area contributed by atoms with Crippen LogP contribution in [0.25, 0.3) is 0 Å². The van der Waals surface area contributed by atoms with Gasteiger partial charge in [0.25, 0.3) is 0 Å². The van der Waals surface area contributed by atoms with Gasteiger partial charge in [0.2, 0.25) is 0 Å². The summed E-state index contributed by atoms with van der Waals surface area (Å²) in [6.07, 6.45) is 5.81. The Kier molecular flexibility index (Phi) is 8.23. The van der Waals surface area contributed by atoms with Crippen molar-refractivity contribution >= 4 is 17.4 Å².